The predicted molar refractivity (Wildman–Crippen MR) is 80.5 cm³/mol. The van der Waals surface area contributed by atoms with Crippen LogP contribution in [0.4, 0.5) is 5.69 Å². The lowest BCUT2D eigenvalue weighted by Gasteiger charge is -2.12. The first-order valence-corrected chi connectivity index (χ1v) is 8.17. The van der Waals surface area contributed by atoms with E-state index in [9.17, 15) is 18.3 Å². The molecule has 0 unspecified atom stereocenters. The maximum absolute atomic E-state index is 12.3. The molecule has 0 aliphatic carbocycles. The summed E-state index contributed by atoms with van der Waals surface area (Å²) in [4.78, 5) is 10.7. The Balaban J connectivity index is 2.41. The highest BCUT2D eigenvalue weighted by Gasteiger charge is 2.18. The molecular formula is C14H11BrNO4S-. The van der Waals surface area contributed by atoms with Crippen LogP contribution in [0.1, 0.15) is 15.9 Å². The van der Waals surface area contributed by atoms with Gasteiger partial charge in [0.05, 0.1) is 5.97 Å². The van der Waals surface area contributed by atoms with Gasteiger partial charge in [-0.3, -0.25) is 4.72 Å². The van der Waals surface area contributed by atoms with E-state index < -0.39 is 16.0 Å². The lowest BCUT2D eigenvalue weighted by Crippen LogP contribution is -2.23. The summed E-state index contributed by atoms with van der Waals surface area (Å²) in [7, 11) is -3.90. The number of benzene rings is 2. The highest BCUT2D eigenvalue weighted by Crippen LogP contribution is 2.25. The summed E-state index contributed by atoms with van der Waals surface area (Å²) in [5.41, 5.74) is 1.19. The van der Waals surface area contributed by atoms with Crippen LogP contribution in [0, 0.1) is 6.92 Å². The number of carboxylic acids is 1. The lowest BCUT2D eigenvalue weighted by molar-refractivity contribution is -0.255. The van der Waals surface area contributed by atoms with Crippen molar-refractivity contribution in [2.75, 3.05) is 4.72 Å². The Morgan fingerprint density at radius 3 is 2.33 bits per heavy atom. The smallest absolute Gasteiger partial charge is 0.263 e. The van der Waals surface area contributed by atoms with E-state index in [2.05, 4.69) is 20.7 Å². The largest absolute Gasteiger partial charge is 0.545 e. The second kappa shape index (κ2) is 5.87. The molecule has 110 valence electrons. The van der Waals surface area contributed by atoms with E-state index in [-0.39, 0.29) is 14.9 Å². The van der Waals surface area contributed by atoms with Gasteiger partial charge in [0.15, 0.2) is 0 Å². The number of hydrogen-bond donors (Lipinski definition) is 1. The number of carboxylic acid groups (broad SMARTS) is 1. The van der Waals surface area contributed by atoms with Gasteiger partial charge in [-0.1, -0.05) is 23.8 Å². The number of carbonyl (C=O) groups excluding carboxylic acids is 1. The van der Waals surface area contributed by atoms with E-state index in [1.165, 1.54) is 12.1 Å². The summed E-state index contributed by atoms with van der Waals surface area (Å²) in [6.45, 7) is 1.89. The van der Waals surface area contributed by atoms with Gasteiger partial charge in [-0.2, -0.15) is 0 Å². The van der Waals surface area contributed by atoms with Gasteiger partial charge in [-0.15, -0.1) is 0 Å². The molecule has 0 bridgehead atoms. The molecule has 0 aromatic heterocycles. The zero-order valence-corrected chi connectivity index (χ0v) is 13.4. The topological polar surface area (TPSA) is 86.3 Å². The number of sulfonamides is 1. The van der Waals surface area contributed by atoms with Crippen molar-refractivity contribution in [2.45, 2.75) is 11.8 Å². The quantitative estimate of drug-likeness (QED) is 0.892. The van der Waals surface area contributed by atoms with Crippen molar-refractivity contribution in [1.29, 1.82) is 0 Å². The fraction of sp³-hybridized carbons (Fsp3) is 0.0714. The van der Waals surface area contributed by atoms with Crippen molar-refractivity contribution in [3.8, 4) is 0 Å². The van der Waals surface area contributed by atoms with Crippen molar-refractivity contribution in [3.63, 3.8) is 0 Å². The van der Waals surface area contributed by atoms with Crippen LogP contribution in [0.5, 0.6) is 0 Å². The van der Waals surface area contributed by atoms with Crippen molar-refractivity contribution in [1.82, 2.24) is 0 Å². The highest BCUT2D eigenvalue weighted by atomic mass is 79.9. The molecule has 0 spiro atoms. The first kappa shape index (κ1) is 15.5. The average molecular weight is 369 g/mol. The molecule has 0 saturated heterocycles. The number of rotatable bonds is 4. The average Bonchev–Trinajstić information content (AvgIpc) is 2.41. The van der Waals surface area contributed by atoms with Crippen LogP contribution < -0.4 is 9.83 Å². The number of carbonyl (C=O) groups is 1. The van der Waals surface area contributed by atoms with Crippen LogP contribution >= 0.6 is 15.9 Å². The van der Waals surface area contributed by atoms with Gasteiger partial charge < -0.3 is 9.90 Å². The fourth-order valence-electron chi connectivity index (χ4n) is 1.67. The Bertz CT molecular complexity index is 785. The van der Waals surface area contributed by atoms with Crippen LogP contribution in [-0.4, -0.2) is 14.4 Å². The summed E-state index contributed by atoms with van der Waals surface area (Å²) in [6, 6.07) is 10.5. The third-order valence-electron chi connectivity index (χ3n) is 2.76. The van der Waals surface area contributed by atoms with Crippen molar-refractivity contribution < 1.29 is 18.3 Å². The van der Waals surface area contributed by atoms with E-state index >= 15 is 0 Å². The monoisotopic (exact) mass is 368 g/mol. The zero-order chi connectivity index (χ0) is 15.6. The molecule has 21 heavy (non-hydrogen) atoms. The Hall–Kier alpha value is -1.86. The van der Waals surface area contributed by atoms with E-state index in [4.69, 9.17) is 0 Å². The molecule has 0 fully saturated rings. The van der Waals surface area contributed by atoms with Gasteiger partial charge in [0.1, 0.15) is 4.90 Å². The minimum Gasteiger partial charge on any atom is -0.545 e. The number of nitrogens with one attached hydrogen (secondary N) is 1. The van der Waals surface area contributed by atoms with Crippen molar-refractivity contribution in [3.05, 3.63) is 58.1 Å². The highest BCUT2D eigenvalue weighted by molar-refractivity contribution is 9.10. The summed E-state index contributed by atoms with van der Waals surface area (Å²) < 4.78 is 27.3. The zero-order valence-electron chi connectivity index (χ0n) is 11.0. The predicted octanol–water partition coefficient (Wildman–Crippen LogP) is 1.92. The lowest BCUT2D eigenvalue weighted by atomic mass is 10.2. The maximum Gasteiger partial charge on any atom is 0.263 e. The standard InChI is InChI=1S/C14H12BrNO4S/c1-9-2-5-11(6-3-9)16-21(19,20)13-8-10(14(17)18)4-7-12(13)15/h2-8,16H,1H3,(H,17,18)/p-1. The number of halogens is 1. The van der Waals surface area contributed by atoms with Gasteiger partial charge in [-0.05, 0) is 52.7 Å². The second-order valence-corrected chi connectivity index (χ2v) is 6.91. The van der Waals surface area contributed by atoms with Crippen LogP contribution in [0.15, 0.2) is 51.8 Å². The normalized spacial score (nSPS) is 11.1. The van der Waals surface area contributed by atoms with Gasteiger partial charge in [0.2, 0.25) is 0 Å². The molecule has 0 saturated carbocycles. The number of aromatic carboxylic acids is 1. The summed E-state index contributed by atoms with van der Waals surface area (Å²) in [5.74, 6) is -1.44. The molecule has 2 rings (SSSR count). The second-order valence-electron chi connectivity index (χ2n) is 4.40. The molecule has 0 aliphatic rings. The van der Waals surface area contributed by atoms with Crippen molar-refractivity contribution >= 4 is 37.6 Å². The SMILES string of the molecule is Cc1ccc(NS(=O)(=O)c2cc(C(=O)[O-])ccc2Br)cc1. The Morgan fingerprint density at radius 1 is 1.14 bits per heavy atom. The molecule has 2 aromatic rings. The van der Waals surface area contributed by atoms with E-state index in [1.807, 2.05) is 6.92 Å². The number of anilines is 1. The van der Waals surface area contributed by atoms with Crippen molar-refractivity contribution in [2.24, 2.45) is 0 Å². The number of aryl methyl sites for hydroxylation is 1. The maximum atomic E-state index is 12.3. The van der Waals surface area contributed by atoms with E-state index in [0.29, 0.717) is 5.69 Å². The molecule has 1 N–H and O–H groups in total. The minimum absolute atomic E-state index is 0.162. The molecule has 0 heterocycles. The summed E-state index contributed by atoms with van der Waals surface area (Å²) in [5, 5.41) is 10.8. The molecule has 0 aliphatic heterocycles. The van der Waals surface area contributed by atoms with Gasteiger partial charge in [0.25, 0.3) is 10.0 Å². The first-order valence-electron chi connectivity index (χ1n) is 5.90. The van der Waals surface area contributed by atoms with Crippen LogP contribution in [-0.2, 0) is 10.0 Å². The van der Waals surface area contributed by atoms with Gasteiger partial charge in [-0.25, -0.2) is 8.42 Å². The van der Waals surface area contributed by atoms with Gasteiger partial charge in [0, 0.05) is 10.2 Å². The van der Waals surface area contributed by atoms with Crippen LogP contribution in [0.3, 0.4) is 0 Å². The number of hydrogen-bond acceptors (Lipinski definition) is 4. The third-order valence-corrected chi connectivity index (χ3v) is 5.14. The first-order chi connectivity index (χ1) is 9.79. The molecule has 5 nitrogen and oxygen atoms in total. The van der Waals surface area contributed by atoms with E-state index in [1.54, 1.807) is 24.3 Å². The summed E-state index contributed by atoms with van der Waals surface area (Å²) >= 11 is 3.11. The van der Waals surface area contributed by atoms with E-state index in [0.717, 1.165) is 11.6 Å². The molecular weight excluding hydrogens is 358 g/mol. The Labute approximate surface area is 130 Å². The molecule has 7 heteroatoms. The molecule has 0 radical (unpaired) electrons. The van der Waals surface area contributed by atoms with Crippen LogP contribution in [0.25, 0.3) is 0 Å². The third kappa shape index (κ3) is 3.62. The fourth-order valence-corrected chi connectivity index (χ4v) is 3.72. The molecule has 0 amide bonds. The molecule has 2 aromatic carbocycles. The minimum atomic E-state index is -3.90. The Kier molecular flexibility index (Phi) is 4.34. The Morgan fingerprint density at radius 2 is 1.76 bits per heavy atom. The van der Waals surface area contributed by atoms with Crippen LogP contribution in [0.2, 0.25) is 0 Å². The summed E-state index contributed by atoms with van der Waals surface area (Å²) in [6.07, 6.45) is 0. The molecule has 0 atom stereocenters. The van der Waals surface area contributed by atoms with Gasteiger partial charge >= 0.3 is 0 Å².